The van der Waals surface area contributed by atoms with Crippen LogP contribution in [0.3, 0.4) is 0 Å². The maximum atomic E-state index is 11.2. The first-order chi connectivity index (χ1) is 6.65. The fraction of sp³-hybridized carbons (Fsp3) is 0.333. The summed E-state index contributed by atoms with van der Waals surface area (Å²) in [6.45, 7) is 1.63. The molecule has 5 nitrogen and oxygen atoms in total. The van der Waals surface area contributed by atoms with Crippen molar-refractivity contribution in [3.63, 3.8) is 0 Å². The minimum absolute atomic E-state index is 0.213. The summed E-state index contributed by atoms with van der Waals surface area (Å²) in [6, 6.07) is 1.41. The summed E-state index contributed by atoms with van der Waals surface area (Å²) >= 11 is 0. The van der Waals surface area contributed by atoms with Crippen LogP contribution in [0.4, 0.5) is 0 Å². The lowest BCUT2D eigenvalue weighted by atomic mass is 10.3. The van der Waals surface area contributed by atoms with Crippen molar-refractivity contribution in [3.8, 4) is 0 Å². The van der Waals surface area contributed by atoms with Crippen LogP contribution in [0, 0.1) is 0 Å². The molecule has 1 aromatic heterocycles. The molecule has 0 spiro atoms. The third-order valence-electron chi connectivity index (χ3n) is 1.65. The van der Waals surface area contributed by atoms with Crippen LogP contribution in [0.25, 0.3) is 0 Å². The molecule has 0 aliphatic rings. The Labute approximate surface area is 80.3 Å². The van der Waals surface area contributed by atoms with Crippen molar-refractivity contribution in [3.05, 3.63) is 24.2 Å². The standard InChI is InChI=1S/C9H10O5/c1-2-7(8(10)11)14-9(12)6-3-4-13-5-6/h3-5,7H,2H2,1H3,(H,10,11). The van der Waals surface area contributed by atoms with Crippen LogP contribution in [0.2, 0.25) is 0 Å². The van der Waals surface area contributed by atoms with Crippen molar-refractivity contribution in [2.24, 2.45) is 0 Å². The quantitative estimate of drug-likeness (QED) is 0.738. The number of carbonyl (C=O) groups excluding carboxylic acids is 1. The zero-order valence-electron chi connectivity index (χ0n) is 7.60. The van der Waals surface area contributed by atoms with E-state index in [1.807, 2.05) is 0 Å². The molecule has 0 bridgehead atoms. The molecular weight excluding hydrogens is 188 g/mol. The van der Waals surface area contributed by atoms with Crippen molar-refractivity contribution in [1.29, 1.82) is 0 Å². The Bertz CT molecular complexity index is 314. The number of rotatable bonds is 4. The third kappa shape index (κ3) is 2.35. The second-order valence-electron chi connectivity index (χ2n) is 2.65. The molecule has 0 aromatic carbocycles. The largest absolute Gasteiger partial charge is 0.479 e. The number of carboxylic acid groups (broad SMARTS) is 1. The van der Waals surface area contributed by atoms with Gasteiger partial charge in [-0.05, 0) is 12.5 Å². The molecule has 0 fully saturated rings. The van der Waals surface area contributed by atoms with Crippen LogP contribution in [-0.4, -0.2) is 23.1 Å². The summed E-state index contributed by atoms with van der Waals surface area (Å²) in [6.07, 6.45) is 1.66. The van der Waals surface area contributed by atoms with Gasteiger partial charge in [-0.2, -0.15) is 0 Å². The summed E-state index contributed by atoms with van der Waals surface area (Å²) in [4.78, 5) is 21.8. The van der Waals surface area contributed by atoms with E-state index in [-0.39, 0.29) is 12.0 Å². The second kappa shape index (κ2) is 4.45. The Balaban J connectivity index is 2.60. The Morgan fingerprint density at radius 2 is 2.36 bits per heavy atom. The van der Waals surface area contributed by atoms with E-state index in [2.05, 4.69) is 4.42 Å². The van der Waals surface area contributed by atoms with Gasteiger partial charge in [0.05, 0.1) is 11.8 Å². The van der Waals surface area contributed by atoms with Gasteiger partial charge >= 0.3 is 11.9 Å². The zero-order chi connectivity index (χ0) is 10.6. The maximum absolute atomic E-state index is 11.2. The molecule has 14 heavy (non-hydrogen) atoms. The molecule has 1 unspecified atom stereocenters. The number of hydrogen-bond donors (Lipinski definition) is 1. The third-order valence-corrected chi connectivity index (χ3v) is 1.65. The smallest absolute Gasteiger partial charge is 0.345 e. The summed E-state index contributed by atoms with van der Waals surface area (Å²) in [5.74, 6) is -1.84. The van der Waals surface area contributed by atoms with Crippen LogP contribution < -0.4 is 0 Å². The van der Waals surface area contributed by atoms with Gasteiger partial charge in [0.15, 0.2) is 6.10 Å². The van der Waals surface area contributed by atoms with Gasteiger partial charge in [-0.3, -0.25) is 0 Å². The van der Waals surface area contributed by atoms with Crippen molar-refractivity contribution < 1.29 is 23.8 Å². The predicted octanol–water partition coefficient (Wildman–Crippen LogP) is 1.30. The van der Waals surface area contributed by atoms with E-state index in [4.69, 9.17) is 9.84 Å². The van der Waals surface area contributed by atoms with Crippen LogP contribution in [0.5, 0.6) is 0 Å². The Hall–Kier alpha value is -1.78. The molecule has 1 aromatic rings. The molecule has 1 N–H and O–H groups in total. The molecule has 76 valence electrons. The van der Waals surface area contributed by atoms with Crippen LogP contribution in [0.1, 0.15) is 23.7 Å². The number of ether oxygens (including phenoxy) is 1. The van der Waals surface area contributed by atoms with E-state index < -0.39 is 18.0 Å². The first kappa shape index (κ1) is 10.3. The minimum atomic E-state index is -1.15. The molecular formula is C9H10O5. The average Bonchev–Trinajstić information content (AvgIpc) is 2.65. The van der Waals surface area contributed by atoms with Crippen molar-refractivity contribution in [2.45, 2.75) is 19.4 Å². The summed E-state index contributed by atoms with van der Waals surface area (Å²) in [5, 5.41) is 8.62. The molecule has 0 amide bonds. The molecule has 1 atom stereocenters. The Morgan fingerprint density at radius 1 is 1.64 bits per heavy atom. The predicted molar refractivity (Wildman–Crippen MR) is 45.8 cm³/mol. The first-order valence-electron chi connectivity index (χ1n) is 4.11. The van der Waals surface area contributed by atoms with Gasteiger partial charge in [-0.1, -0.05) is 6.92 Å². The first-order valence-corrected chi connectivity index (χ1v) is 4.11. The van der Waals surface area contributed by atoms with Crippen molar-refractivity contribution in [2.75, 3.05) is 0 Å². The lowest BCUT2D eigenvalue weighted by molar-refractivity contribution is -0.147. The number of esters is 1. The van der Waals surface area contributed by atoms with E-state index in [0.717, 1.165) is 0 Å². The molecule has 0 saturated heterocycles. The van der Waals surface area contributed by atoms with Gasteiger partial charge in [0, 0.05) is 0 Å². The second-order valence-corrected chi connectivity index (χ2v) is 2.65. The van der Waals surface area contributed by atoms with Gasteiger partial charge in [0.2, 0.25) is 0 Å². The number of carbonyl (C=O) groups is 2. The van der Waals surface area contributed by atoms with Gasteiger partial charge < -0.3 is 14.3 Å². The monoisotopic (exact) mass is 198 g/mol. The summed E-state index contributed by atoms with van der Waals surface area (Å²) in [7, 11) is 0. The topological polar surface area (TPSA) is 76.7 Å². The van der Waals surface area contributed by atoms with Crippen molar-refractivity contribution >= 4 is 11.9 Å². The average molecular weight is 198 g/mol. The Kier molecular flexibility index (Phi) is 3.28. The molecule has 0 aliphatic carbocycles. The molecule has 0 aliphatic heterocycles. The molecule has 1 rings (SSSR count). The number of furan rings is 1. The number of aliphatic carboxylic acids is 1. The SMILES string of the molecule is CCC(OC(=O)c1ccoc1)C(=O)O. The summed E-state index contributed by atoms with van der Waals surface area (Å²) in [5.41, 5.74) is 0.213. The number of carboxylic acids is 1. The molecule has 5 heteroatoms. The Morgan fingerprint density at radius 3 is 2.79 bits per heavy atom. The fourth-order valence-electron chi connectivity index (χ4n) is 0.886. The van der Waals surface area contributed by atoms with Gasteiger partial charge in [0.25, 0.3) is 0 Å². The van der Waals surface area contributed by atoms with E-state index >= 15 is 0 Å². The maximum Gasteiger partial charge on any atom is 0.345 e. The fourth-order valence-corrected chi connectivity index (χ4v) is 0.886. The summed E-state index contributed by atoms with van der Waals surface area (Å²) < 4.78 is 9.37. The lowest BCUT2D eigenvalue weighted by Crippen LogP contribution is -2.26. The van der Waals surface area contributed by atoms with Crippen molar-refractivity contribution in [1.82, 2.24) is 0 Å². The number of hydrogen-bond acceptors (Lipinski definition) is 4. The highest BCUT2D eigenvalue weighted by Crippen LogP contribution is 2.06. The van der Waals surface area contributed by atoms with Crippen LogP contribution >= 0.6 is 0 Å². The van der Waals surface area contributed by atoms with Gasteiger partial charge in [-0.25, -0.2) is 9.59 Å². The highest BCUT2D eigenvalue weighted by molar-refractivity contribution is 5.90. The van der Waals surface area contributed by atoms with E-state index in [1.54, 1.807) is 6.92 Å². The van der Waals surface area contributed by atoms with E-state index in [0.29, 0.717) is 0 Å². The van der Waals surface area contributed by atoms with Crippen LogP contribution in [0.15, 0.2) is 23.0 Å². The molecule has 1 heterocycles. The van der Waals surface area contributed by atoms with Gasteiger partial charge in [-0.15, -0.1) is 0 Å². The lowest BCUT2D eigenvalue weighted by Gasteiger charge is -2.09. The van der Waals surface area contributed by atoms with E-state index in [9.17, 15) is 9.59 Å². The molecule has 0 saturated carbocycles. The minimum Gasteiger partial charge on any atom is -0.479 e. The normalized spacial score (nSPS) is 12.1. The highest BCUT2D eigenvalue weighted by atomic mass is 16.6. The van der Waals surface area contributed by atoms with Gasteiger partial charge in [0.1, 0.15) is 6.26 Å². The van der Waals surface area contributed by atoms with E-state index in [1.165, 1.54) is 18.6 Å². The highest BCUT2D eigenvalue weighted by Gasteiger charge is 2.21. The molecule has 0 radical (unpaired) electrons. The van der Waals surface area contributed by atoms with Crippen LogP contribution in [-0.2, 0) is 9.53 Å². The zero-order valence-corrected chi connectivity index (χ0v) is 7.60.